The van der Waals surface area contributed by atoms with Crippen molar-refractivity contribution in [2.75, 3.05) is 5.32 Å². The summed E-state index contributed by atoms with van der Waals surface area (Å²) < 4.78 is 0. The van der Waals surface area contributed by atoms with E-state index < -0.39 is 0 Å². The molecule has 2 rings (SSSR count). The smallest absolute Gasteiger partial charge is 0.0798 e. The average Bonchev–Trinajstić information content (AvgIpc) is 2.63. The van der Waals surface area contributed by atoms with Crippen molar-refractivity contribution in [2.45, 2.75) is 27.3 Å². The molecular formula is C12H15N3S. The number of anilines is 1. The first-order valence-electron chi connectivity index (χ1n) is 5.24. The molecule has 0 spiro atoms. The van der Waals surface area contributed by atoms with Gasteiger partial charge in [0, 0.05) is 10.6 Å². The summed E-state index contributed by atoms with van der Waals surface area (Å²) >= 11 is 1.68. The molecule has 16 heavy (non-hydrogen) atoms. The number of nitrogens with zero attached hydrogens (tertiary/aromatic N) is 2. The number of thiazole rings is 1. The number of rotatable bonds is 3. The topological polar surface area (TPSA) is 37.8 Å². The molecule has 0 radical (unpaired) electrons. The van der Waals surface area contributed by atoms with Gasteiger partial charge in [-0.3, -0.25) is 4.98 Å². The summed E-state index contributed by atoms with van der Waals surface area (Å²) in [6.07, 6.45) is 0. The van der Waals surface area contributed by atoms with Crippen molar-refractivity contribution >= 4 is 17.0 Å². The van der Waals surface area contributed by atoms with Crippen molar-refractivity contribution in [2.24, 2.45) is 0 Å². The molecule has 2 heterocycles. The fourth-order valence-electron chi connectivity index (χ4n) is 1.54. The molecule has 4 heteroatoms. The first-order chi connectivity index (χ1) is 7.66. The van der Waals surface area contributed by atoms with Crippen molar-refractivity contribution in [3.8, 4) is 0 Å². The lowest BCUT2D eigenvalue weighted by atomic mass is 10.2. The van der Waals surface area contributed by atoms with Gasteiger partial charge in [0.05, 0.1) is 29.1 Å². The minimum Gasteiger partial charge on any atom is -0.379 e. The van der Waals surface area contributed by atoms with E-state index in [1.807, 2.05) is 32.3 Å². The van der Waals surface area contributed by atoms with E-state index in [4.69, 9.17) is 0 Å². The van der Waals surface area contributed by atoms with Crippen LogP contribution in [0.15, 0.2) is 17.6 Å². The fraction of sp³-hybridized carbons (Fsp3) is 0.333. The van der Waals surface area contributed by atoms with E-state index >= 15 is 0 Å². The van der Waals surface area contributed by atoms with E-state index in [1.54, 1.807) is 11.3 Å². The molecule has 0 unspecified atom stereocenters. The summed E-state index contributed by atoms with van der Waals surface area (Å²) in [6, 6.07) is 4.10. The number of aryl methyl sites for hydroxylation is 3. The van der Waals surface area contributed by atoms with Crippen molar-refractivity contribution in [3.05, 3.63) is 39.6 Å². The summed E-state index contributed by atoms with van der Waals surface area (Å²) in [5.41, 5.74) is 6.18. The molecule has 0 aliphatic carbocycles. The highest BCUT2D eigenvalue weighted by Gasteiger charge is 2.03. The van der Waals surface area contributed by atoms with Crippen molar-refractivity contribution in [1.29, 1.82) is 0 Å². The molecule has 0 fully saturated rings. The number of hydrogen-bond acceptors (Lipinski definition) is 4. The lowest BCUT2D eigenvalue weighted by molar-refractivity contribution is 1.07. The van der Waals surface area contributed by atoms with Crippen molar-refractivity contribution in [3.63, 3.8) is 0 Å². The Balaban J connectivity index is 2.08. The van der Waals surface area contributed by atoms with Crippen LogP contribution in [0.2, 0.25) is 0 Å². The van der Waals surface area contributed by atoms with Gasteiger partial charge < -0.3 is 5.32 Å². The molecule has 0 aliphatic heterocycles. The van der Waals surface area contributed by atoms with E-state index in [9.17, 15) is 0 Å². The van der Waals surface area contributed by atoms with E-state index in [1.165, 1.54) is 4.88 Å². The Bertz CT molecular complexity index is 491. The van der Waals surface area contributed by atoms with Crippen LogP contribution < -0.4 is 5.32 Å². The second kappa shape index (κ2) is 4.61. The Morgan fingerprint density at radius 3 is 2.62 bits per heavy atom. The Morgan fingerprint density at radius 2 is 2.00 bits per heavy atom. The van der Waals surface area contributed by atoms with Crippen LogP contribution in [0, 0.1) is 20.8 Å². The van der Waals surface area contributed by atoms with E-state index in [0.29, 0.717) is 0 Å². The number of aromatic nitrogens is 2. The van der Waals surface area contributed by atoms with E-state index in [-0.39, 0.29) is 0 Å². The third kappa shape index (κ3) is 2.39. The minimum absolute atomic E-state index is 0.822. The van der Waals surface area contributed by atoms with Gasteiger partial charge in [0.15, 0.2) is 0 Å². The van der Waals surface area contributed by atoms with Gasteiger partial charge in [0.1, 0.15) is 0 Å². The minimum atomic E-state index is 0.822. The third-order valence-electron chi connectivity index (χ3n) is 2.51. The van der Waals surface area contributed by atoms with Gasteiger partial charge in [-0.1, -0.05) is 0 Å². The summed E-state index contributed by atoms with van der Waals surface area (Å²) in [7, 11) is 0. The van der Waals surface area contributed by atoms with Gasteiger partial charge in [0.25, 0.3) is 0 Å². The van der Waals surface area contributed by atoms with Crippen LogP contribution in [0.5, 0.6) is 0 Å². The zero-order valence-electron chi connectivity index (χ0n) is 9.74. The maximum Gasteiger partial charge on any atom is 0.0798 e. The second-order valence-electron chi connectivity index (χ2n) is 3.80. The second-order valence-corrected chi connectivity index (χ2v) is 4.74. The SMILES string of the molecule is Cc1ccc(NCc2scnc2C)c(C)n1. The van der Waals surface area contributed by atoms with Gasteiger partial charge in [0.2, 0.25) is 0 Å². The molecule has 0 amide bonds. The zero-order chi connectivity index (χ0) is 11.5. The lowest BCUT2D eigenvalue weighted by Gasteiger charge is -2.08. The molecule has 0 aliphatic rings. The van der Waals surface area contributed by atoms with Gasteiger partial charge in [-0.15, -0.1) is 11.3 Å². The lowest BCUT2D eigenvalue weighted by Crippen LogP contribution is -2.02. The molecule has 1 N–H and O–H groups in total. The number of nitrogens with one attached hydrogen (secondary N) is 1. The van der Waals surface area contributed by atoms with Crippen LogP contribution in [-0.2, 0) is 6.54 Å². The maximum absolute atomic E-state index is 4.42. The summed E-state index contributed by atoms with van der Waals surface area (Å²) in [4.78, 5) is 9.93. The van der Waals surface area contributed by atoms with Crippen LogP contribution in [0.1, 0.15) is 22.0 Å². The van der Waals surface area contributed by atoms with Crippen molar-refractivity contribution in [1.82, 2.24) is 9.97 Å². The monoisotopic (exact) mass is 233 g/mol. The highest BCUT2D eigenvalue weighted by atomic mass is 32.1. The van der Waals surface area contributed by atoms with Gasteiger partial charge in [-0.25, -0.2) is 4.98 Å². The molecule has 2 aromatic heterocycles. The number of hydrogen-bond donors (Lipinski definition) is 1. The molecule has 84 valence electrons. The van der Waals surface area contributed by atoms with E-state index in [0.717, 1.165) is 29.3 Å². The Morgan fingerprint density at radius 1 is 1.19 bits per heavy atom. The molecule has 0 atom stereocenters. The van der Waals surface area contributed by atoms with Crippen LogP contribution >= 0.6 is 11.3 Å². The van der Waals surface area contributed by atoms with E-state index in [2.05, 4.69) is 21.4 Å². The predicted octanol–water partition coefficient (Wildman–Crippen LogP) is 3.08. The molecule has 0 saturated heterocycles. The van der Waals surface area contributed by atoms with Gasteiger partial charge >= 0.3 is 0 Å². The number of pyridine rings is 1. The molecule has 0 aromatic carbocycles. The highest BCUT2D eigenvalue weighted by Crippen LogP contribution is 2.17. The Hall–Kier alpha value is -1.42. The Labute approximate surface area is 99.6 Å². The van der Waals surface area contributed by atoms with Crippen LogP contribution in [-0.4, -0.2) is 9.97 Å². The fourth-order valence-corrected chi connectivity index (χ4v) is 2.26. The average molecular weight is 233 g/mol. The summed E-state index contributed by atoms with van der Waals surface area (Å²) in [5, 5.41) is 3.39. The maximum atomic E-state index is 4.42. The summed E-state index contributed by atoms with van der Waals surface area (Å²) in [6.45, 7) is 6.88. The first kappa shape index (κ1) is 11.1. The zero-order valence-corrected chi connectivity index (χ0v) is 10.6. The normalized spacial score (nSPS) is 10.4. The molecule has 0 saturated carbocycles. The van der Waals surface area contributed by atoms with Gasteiger partial charge in [-0.2, -0.15) is 0 Å². The molecular weight excluding hydrogens is 218 g/mol. The third-order valence-corrected chi connectivity index (χ3v) is 3.44. The highest BCUT2D eigenvalue weighted by molar-refractivity contribution is 7.09. The Kier molecular flexibility index (Phi) is 3.19. The van der Waals surface area contributed by atoms with Crippen LogP contribution in [0.25, 0.3) is 0 Å². The van der Waals surface area contributed by atoms with Crippen molar-refractivity contribution < 1.29 is 0 Å². The van der Waals surface area contributed by atoms with Crippen LogP contribution in [0.4, 0.5) is 5.69 Å². The quantitative estimate of drug-likeness (QED) is 0.885. The molecule has 2 aromatic rings. The van der Waals surface area contributed by atoms with Crippen LogP contribution in [0.3, 0.4) is 0 Å². The molecule has 0 bridgehead atoms. The standard InChI is InChI=1S/C12H15N3S/c1-8-4-5-11(9(2)15-8)13-6-12-10(3)14-7-16-12/h4-5,7,13H,6H2,1-3H3. The predicted molar refractivity (Wildman–Crippen MR) is 67.9 cm³/mol. The molecule has 3 nitrogen and oxygen atoms in total. The first-order valence-corrected chi connectivity index (χ1v) is 6.12. The van der Waals surface area contributed by atoms with Gasteiger partial charge in [-0.05, 0) is 32.9 Å². The summed E-state index contributed by atoms with van der Waals surface area (Å²) in [5.74, 6) is 0. The largest absolute Gasteiger partial charge is 0.379 e.